The molecular formula is C16H15N3O5. The second kappa shape index (κ2) is 7.73. The normalized spacial score (nSPS) is 9.88. The third kappa shape index (κ3) is 4.54. The number of benzene rings is 2. The molecule has 0 aliphatic heterocycles. The maximum Gasteiger partial charge on any atom is 0.313 e. The van der Waals surface area contributed by atoms with Crippen LogP contribution in [0.5, 0.6) is 5.75 Å². The van der Waals surface area contributed by atoms with E-state index in [1.54, 1.807) is 31.4 Å². The minimum absolute atomic E-state index is 0.172. The van der Waals surface area contributed by atoms with Crippen LogP contribution in [0, 0.1) is 10.1 Å². The summed E-state index contributed by atoms with van der Waals surface area (Å²) in [7, 11) is 1.55. The van der Waals surface area contributed by atoms with Crippen LogP contribution in [0.1, 0.15) is 5.56 Å². The van der Waals surface area contributed by atoms with Gasteiger partial charge in [-0.2, -0.15) is 0 Å². The number of amides is 2. The van der Waals surface area contributed by atoms with E-state index < -0.39 is 16.7 Å². The standard InChI is InChI=1S/C16H15N3O5/c1-24-14-7-5-11(6-8-14)10-17-15(20)16(21)18-12-3-2-4-13(9-12)19(22)23/h2-9H,10H2,1H3,(H,17,20)(H,18,21). The molecule has 0 saturated carbocycles. The van der Waals surface area contributed by atoms with Gasteiger partial charge in [-0.25, -0.2) is 0 Å². The van der Waals surface area contributed by atoms with Gasteiger partial charge in [0.05, 0.1) is 12.0 Å². The monoisotopic (exact) mass is 329 g/mol. The number of nitrogens with one attached hydrogen (secondary N) is 2. The molecule has 0 aliphatic rings. The van der Waals surface area contributed by atoms with Crippen LogP contribution in [-0.2, 0) is 16.1 Å². The van der Waals surface area contributed by atoms with Crippen molar-refractivity contribution in [3.8, 4) is 5.75 Å². The Morgan fingerprint density at radius 1 is 1.12 bits per heavy atom. The van der Waals surface area contributed by atoms with Crippen molar-refractivity contribution in [3.63, 3.8) is 0 Å². The van der Waals surface area contributed by atoms with Gasteiger partial charge in [0.25, 0.3) is 5.69 Å². The van der Waals surface area contributed by atoms with Crippen LogP contribution >= 0.6 is 0 Å². The van der Waals surface area contributed by atoms with Crippen molar-refractivity contribution >= 4 is 23.2 Å². The summed E-state index contributed by atoms with van der Waals surface area (Å²) < 4.78 is 5.03. The molecule has 0 atom stereocenters. The molecule has 0 spiro atoms. The van der Waals surface area contributed by atoms with Crippen molar-refractivity contribution < 1.29 is 19.2 Å². The van der Waals surface area contributed by atoms with E-state index in [4.69, 9.17) is 4.74 Å². The molecule has 0 heterocycles. The number of rotatable bonds is 5. The summed E-state index contributed by atoms with van der Waals surface area (Å²) >= 11 is 0. The summed E-state index contributed by atoms with van der Waals surface area (Å²) in [5.41, 5.74) is 0.799. The van der Waals surface area contributed by atoms with E-state index in [1.807, 2.05) is 0 Å². The van der Waals surface area contributed by atoms with Crippen LogP contribution in [0.4, 0.5) is 11.4 Å². The number of anilines is 1. The number of nitro groups is 1. The molecule has 0 unspecified atom stereocenters. The van der Waals surface area contributed by atoms with Crippen molar-refractivity contribution in [2.75, 3.05) is 12.4 Å². The van der Waals surface area contributed by atoms with Gasteiger partial charge in [0.1, 0.15) is 5.75 Å². The Hall–Kier alpha value is -3.42. The zero-order chi connectivity index (χ0) is 17.5. The Bertz CT molecular complexity index is 759. The fourth-order valence-corrected chi connectivity index (χ4v) is 1.89. The van der Waals surface area contributed by atoms with Crippen molar-refractivity contribution in [1.29, 1.82) is 0 Å². The second-order valence-electron chi connectivity index (χ2n) is 4.79. The SMILES string of the molecule is COc1ccc(CNC(=O)C(=O)Nc2cccc([N+](=O)[O-])c2)cc1. The molecular weight excluding hydrogens is 314 g/mol. The average Bonchev–Trinajstić information content (AvgIpc) is 2.60. The number of nitrogens with zero attached hydrogens (tertiary/aromatic N) is 1. The first-order chi connectivity index (χ1) is 11.5. The Balaban J connectivity index is 1.91. The van der Waals surface area contributed by atoms with Gasteiger partial charge in [0.2, 0.25) is 0 Å². The highest BCUT2D eigenvalue weighted by molar-refractivity contribution is 6.39. The first-order valence-electron chi connectivity index (χ1n) is 6.96. The first-order valence-corrected chi connectivity index (χ1v) is 6.96. The van der Waals surface area contributed by atoms with E-state index in [0.717, 1.165) is 5.56 Å². The Labute approximate surface area is 137 Å². The van der Waals surface area contributed by atoms with Gasteiger partial charge in [-0.3, -0.25) is 19.7 Å². The van der Waals surface area contributed by atoms with Crippen molar-refractivity contribution in [1.82, 2.24) is 5.32 Å². The summed E-state index contributed by atoms with van der Waals surface area (Å²) in [6.07, 6.45) is 0. The van der Waals surface area contributed by atoms with E-state index in [2.05, 4.69) is 10.6 Å². The number of non-ortho nitro benzene ring substituents is 1. The number of ether oxygens (including phenoxy) is 1. The number of hydrogen-bond acceptors (Lipinski definition) is 5. The number of methoxy groups -OCH3 is 1. The summed E-state index contributed by atoms with van der Waals surface area (Å²) in [4.78, 5) is 33.7. The maximum absolute atomic E-state index is 11.8. The summed E-state index contributed by atoms with van der Waals surface area (Å²) in [6.45, 7) is 0.172. The minimum atomic E-state index is -0.899. The maximum atomic E-state index is 11.8. The first kappa shape index (κ1) is 16.9. The molecule has 0 fully saturated rings. The molecule has 2 amide bonds. The molecule has 2 aromatic rings. The van der Waals surface area contributed by atoms with E-state index in [0.29, 0.717) is 5.75 Å². The zero-order valence-electron chi connectivity index (χ0n) is 12.8. The van der Waals surface area contributed by atoms with Gasteiger partial charge < -0.3 is 15.4 Å². The summed E-state index contributed by atoms with van der Waals surface area (Å²) in [5, 5.41) is 15.5. The van der Waals surface area contributed by atoms with Crippen LogP contribution in [0.2, 0.25) is 0 Å². The van der Waals surface area contributed by atoms with E-state index in [1.165, 1.54) is 24.3 Å². The lowest BCUT2D eigenvalue weighted by molar-refractivity contribution is -0.384. The predicted octanol–water partition coefficient (Wildman–Crippen LogP) is 1.86. The van der Waals surface area contributed by atoms with Gasteiger partial charge in [-0.1, -0.05) is 18.2 Å². The molecule has 0 bridgehead atoms. The average molecular weight is 329 g/mol. The number of nitro benzene ring substituents is 1. The minimum Gasteiger partial charge on any atom is -0.497 e. The molecule has 2 rings (SSSR count). The molecule has 0 saturated heterocycles. The zero-order valence-corrected chi connectivity index (χ0v) is 12.8. The molecule has 2 aromatic carbocycles. The van der Waals surface area contributed by atoms with Crippen LogP contribution in [0.25, 0.3) is 0 Å². The quantitative estimate of drug-likeness (QED) is 0.494. The van der Waals surface area contributed by atoms with E-state index >= 15 is 0 Å². The highest BCUT2D eigenvalue weighted by atomic mass is 16.6. The molecule has 8 heteroatoms. The van der Waals surface area contributed by atoms with Crippen molar-refractivity contribution in [2.24, 2.45) is 0 Å². The second-order valence-corrected chi connectivity index (χ2v) is 4.79. The third-order valence-corrected chi connectivity index (χ3v) is 3.13. The van der Waals surface area contributed by atoms with E-state index in [9.17, 15) is 19.7 Å². The van der Waals surface area contributed by atoms with Gasteiger partial charge >= 0.3 is 11.8 Å². The van der Waals surface area contributed by atoms with E-state index in [-0.39, 0.29) is 17.9 Å². The van der Waals surface area contributed by atoms with Gasteiger partial charge in [-0.15, -0.1) is 0 Å². The Morgan fingerprint density at radius 3 is 2.46 bits per heavy atom. The lowest BCUT2D eigenvalue weighted by Crippen LogP contribution is -2.34. The lowest BCUT2D eigenvalue weighted by Gasteiger charge is -2.07. The highest BCUT2D eigenvalue weighted by Gasteiger charge is 2.15. The van der Waals surface area contributed by atoms with Crippen LogP contribution in [0.15, 0.2) is 48.5 Å². The molecule has 0 aromatic heterocycles. The Morgan fingerprint density at radius 2 is 1.83 bits per heavy atom. The molecule has 8 nitrogen and oxygen atoms in total. The van der Waals surface area contributed by atoms with Crippen LogP contribution in [-0.4, -0.2) is 23.8 Å². The largest absolute Gasteiger partial charge is 0.497 e. The summed E-state index contributed by atoms with van der Waals surface area (Å²) in [5.74, 6) is -1.05. The predicted molar refractivity (Wildman–Crippen MR) is 86.6 cm³/mol. The smallest absolute Gasteiger partial charge is 0.313 e. The van der Waals surface area contributed by atoms with Crippen molar-refractivity contribution in [3.05, 3.63) is 64.2 Å². The fraction of sp³-hybridized carbons (Fsp3) is 0.125. The van der Waals surface area contributed by atoms with Gasteiger partial charge in [-0.05, 0) is 23.8 Å². The highest BCUT2D eigenvalue weighted by Crippen LogP contribution is 2.16. The molecule has 0 radical (unpaired) electrons. The van der Waals surface area contributed by atoms with Crippen LogP contribution < -0.4 is 15.4 Å². The number of carbonyl (C=O) groups is 2. The third-order valence-electron chi connectivity index (χ3n) is 3.13. The molecule has 124 valence electrons. The molecule has 0 aliphatic carbocycles. The summed E-state index contributed by atoms with van der Waals surface area (Å²) in [6, 6.07) is 12.4. The number of carbonyl (C=O) groups excluding carboxylic acids is 2. The van der Waals surface area contributed by atoms with Gasteiger partial charge in [0, 0.05) is 24.4 Å². The lowest BCUT2D eigenvalue weighted by atomic mass is 10.2. The van der Waals surface area contributed by atoms with Crippen molar-refractivity contribution in [2.45, 2.75) is 6.54 Å². The van der Waals surface area contributed by atoms with Gasteiger partial charge in [0.15, 0.2) is 0 Å². The fourth-order valence-electron chi connectivity index (χ4n) is 1.89. The molecule has 24 heavy (non-hydrogen) atoms. The Kier molecular flexibility index (Phi) is 5.45. The molecule has 2 N–H and O–H groups in total. The van der Waals surface area contributed by atoms with Crippen LogP contribution in [0.3, 0.4) is 0 Å². The number of hydrogen-bond donors (Lipinski definition) is 2. The topological polar surface area (TPSA) is 111 Å².